The minimum absolute atomic E-state index is 0.00963. The third-order valence-corrected chi connectivity index (χ3v) is 2.90. The summed E-state index contributed by atoms with van der Waals surface area (Å²) in [5.74, 6) is -0.438. The maximum atomic E-state index is 13.4. The quantitative estimate of drug-likeness (QED) is 0.704. The second-order valence-electron chi connectivity index (χ2n) is 4.61. The van der Waals surface area contributed by atoms with E-state index in [9.17, 15) is 9.18 Å². The third-order valence-electron chi connectivity index (χ3n) is 2.90. The van der Waals surface area contributed by atoms with E-state index in [0.717, 1.165) is 5.56 Å². The van der Waals surface area contributed by atoms with Crippen LogP contribution in [-0.2, 0) is 11.3 Å². The summed E-state index contributed by atoms with van der Waals surface area (Å²) in [5, 5.41) is 11.6. The molecule has 1 aromatic carbocycles. The van der Waals surface area contributed by atoms with Gasteiger partial charge in [0, 0.05) is 19.6 Å². The Morgan fingerprint density at radius 1 is 1.55 bits per heavy atom. The van der Waals surface area contributed by atoms with Crippen molar-refractivity contribution in [2.45, 2.75) is 13.5 Å². The Kier molecular flexibility index (Phi) is 6.90. The fourth-order valence-corrected chi connectivity index (χ4v) is 1.76. The number of aryl methyl sites for hydroxylation is 1. The molecule has 1 rings (SSSR count). The van der Waals surface area contributed by atoms with Crippen molar-refractivity contribution in [1.82, 2.24) is 10.2 Å². The molecule has 4 nitrogen and oxygen atoms in total. The largest absolute Gasteiger partial charge is 0.395 e. The molecule has 0 fully saturated rings. The fraction of sp³-hybridized carbons (Fsp3) is 0.400. The SMILES string of the molecule is C=CCN(CCO)CC(=O)NCc1ccc(C)c(F)c1. The molecule has 2 N–H and O–H groups in total. The standard InChI is InChI=1S/C15H21FN2O2/c1-3-6-18(7-8-19)11-15(20)17-10-13-5-4-12(2)14(16)9-13/h3-5,9,19H,1,6-8,10-11H2,2H3,(H,17,20). The van der Waals surface area contributed by atoms with Gasteiger partial charge in [-0.1, -0.05) is 18.2 Å². The first-order valence-corrected chi connectivity index (χ1v) is 6.52. The Labute approximate surface area is 118 Å². The van der Waals surface area contributed by atoms with Crippen LogP contribution in [0.25, 0.3) is 0 Å². The summed E-state index contributed by atoms with van der Waals surface area (Å²) in [5.41, 5.74) is 1.30. The normalized spacial score (nSPS) is 10.6. The predicted molar refractivity (Wildman–Crippen MR) is 76.7 cm³/mol. The summed E-state index contributed by atoms with van der Waals surface area (Å²) >= 11 is 0. The van der Waals surface area contributed by atoms with Gasteiger partial charge in [-0.3, -0.25) is 9.69 Å². The molecule has 20 heavy (non-hydrogen) atoms. The molecule has 0 heterocycles. The number of carbonyl (C=O) groups excluding carboxylic acids is 1. The maximum Gasteiger partial charge on any atom is 0.234 e. The first kappa shape index (κ1) is 16.3. The van der Waals surface area contributed by atoms with Crippen LogP contribution >= 0.6 is 0 Å². The monoisotopic (exact) mass is 280 g/mol. The van der Waals surface area contributed by atoms with Crippen molar-refractivity contribution in [2.75, 3.05) is 26.2 Å². The first-order valence-electron chi connectivity index (χ1n) is 6.52. The van der Waals surface area contributed by atoms with E-state index in [1.54, 1.807) is 30.0 Å². The van der Waals surface area contributed by atoms with Crippen LogP contribution in [0.5, 0.6) is 0 Å². The van der Waals surface area contributed by atoms with Crippen molar-refractivity contribution in [2.24, 2.45) is 0 Å². The zero-order chi connectivity index (χ0) is 15.0. The number of amides is 1. The van der Waals surface area contributed by atoms with E-state index < -0.39 is 0 Å². The number of halogens is 1. The predicted octanol–water partition coefficient (Wildman–Crippen LogP) is 1.23. The minimum atomic E-state index is -0.273. The molecular formula is C15H21FN2O2. The van der Waals surface area contributed by atoms with Gasteiger partial charge in [0.2, 0.25) is 5.91 Å². The van der Waals surface area contributed by atoms with Crippen molar-refractivity contribution in [3.63, 3.8) is 0 Å². The van der Waals surface area contributed by atoms with Crippen LogP contribution in [0.4, 0.5) is 4.39 Å². The molecular weight excluding hydrogens is 259 g/mol. The van der Waals surface area contributed by atoms with E-state index >= 15 is 0 Å². The topological polar surface area (TPSA) is 52.6 Å². The molecule has 0 atom stereocenters. The molecule has 0 saturated carbocycles. The summed E-state index contributed by atoms with van der Waals surface area (Å²) in [6, 6.07) is 4.89. The van der Waals surface area contributed by atoms with Crippen LogP contribution in [0, 0.1) is 12.7 Å². The van der Waals surface area contributed by atoms with Crippen LogP contribution in [-0.4, -0.2) is 42.2 Å². The lowest BCUT2D eigenvalue weighted by Crippen LogP contribution is -2.38. The van der Waals surface area contributed by atoms with Crippen molar-refractivity contribution >= 4 is 5.91 Å². The van der Waals surface area contributed by atoms with E-state index in [4.69, 9.17) is 5.11 Å². The first-order chi connectivity index (χ1) is 9.56. The van der Waals surface area contributed by atoms with Gasteiger partial charge >= 0.3 is 0 Å². The molecule has 0 saturated heterocycles. The molecule has 0 aliphatic heterocycles. The summed E-state index contributed by atoms with van der Waals surface area (Å²) in [6.07, 6.45) is 1.68. The third kappa shape index (κ3) is 5.50. The molecule has 0 aliphatic rings. The Balaban J connectivity index is 2.45. The number of nitrogens with one attached hydrogen (secondary N) is 1. The number of hydrogen-bond acceptors (Lipinski definition) is 3. The van der Waals surface area contributed by atoms with Gasteiger partial charge in [0.05, 0.1) is 13.2 Å². The summed E-state index contributed by atoms with van der Waals surface area (Å²) in [4.78, 5) is 13.5. The van der Waals surface area contributed by atoms with Crippen LogP contribution in [0.3, 0.4) is 0 Å². The lowest BCUT2D eigenvalue weighted by Gasteiger charge is -2.18. The van der Waals surface area contributed by atoms with Gasteiger partial charge in [-0.2, -0.15) is 0 Å². The van der Waals surface area contributed by atoms with E-state index in [1.807, 2.05) is 0 Å². The van der Waals surface area contributed by atoms with Gasteiger partial charge < -0.3 is 10.4 Å². The van der Waals surface area contributed by atoms with Crippen LogP contribution in [0.1, 0.15) is 11.1 Å². The molecule has 0 aromatic heterocycles. The van der Waals surface area contributed by atoms with Gasteiger partial charge in [0.25, 0.3) is 0 Å². The zero-order valence-electron chi connectivity index (χ0n) is 11.7. The van der Waals surface area contributed by atoms with Crippen LogP contribution in [0.15, 0.2) is 30.9 Å². The van der Waals surface area contributed by atoms with Gasteiger partial charge in [-0.15, -0.1) is 6.58 Å². The molecule has 1 aromatic rings. The maximum absolute atomic E-state index is 13.4. The highest BCUT2D eigenvalue weighted by atomic mass is 19.1. The molecule has 0 spiro atoms. The van der Waals surface area contributed by atoms with Crippen molar-refractivity contribution < 1.29 is 14.3 Å². The van der Waals surface area contributed by atoms with E-state index in [2.05, 4.69) is 11.9 Å². The molecule has 0 aliphatic carbocycles. The molecule has 5 heteroatoms. The van der Waals surface area contributed by atoms with E-state index in [1.165, 1.54) is 6.07 Å². The van der Waals surface area contributed by atoms with Crippen LogP contribution in [0.2, 0.25) is 0 Å². The summed E-state index contributed by atoms with van der Waals surface area (Å²) in [6.45, 7) is 6.71. The number of aliphatic hydroxyl groups excluding tert-OH is 1. The Morgan fingerprint density at radius 2 is 2.30 bits per heavy atom. The Morgan fingerprint density at radius 3 is 2.90 bits per heavy atom. The summed E-state index contributed by atoms with van der Waals surface area (Å²) < 4.78 is 13.4. The van der Waals surface area contributed by atoms with Crippen molar-refractivity contribution in [3.8, 4) is 0 Å². The lowest BCUT2D eigenvalue weighted by atomic mass is 10.1. The number of hydrogen-bond donors (Lipinski definition) is 2. The number of nitrogens with zero attached hydrogens (tertiary/aromatic N) is 1. The fourth-order valence-electron chi connectivity index (χ4n) is 1.76. The number of rotatable bonds is 8. The number of aliphatic hydroxyl groups is 1. The Hall–Kier alpha value is -1.72. The number of benzene rings is 1. The zero-order valence-corrected chi connectivity index (χ0v) is 11.7. The van der Waals surface area contributed by atoms with Gasteiger partial charge in [-0.25, -0.2) is 4.39 Å². The lowest BCUT2D eigenvalue weighted by molar-refractivity contribution is -0.122. The highest BCUT2D eigenvalue weighted by molar-refractivity contribution is 5.78. The molecule has 0 radical (unpaired) electrons. The van der Waals surface area contributed by atoms with E-state index in [0.29, 0.717) is 18.7 Å². The van der Waals surface area contributed by atoms with Crippen molar-refractivity contribution in [1.29, 1.82) is 0 Å². The van der Waals surface area contributed by atoms with Gasteiger partial charge in [0.15, 0.2) is 0 Å². The van der Waals surface area contributed by atoms with Gasteiger partial charge in [-0.05, 0) is 24.1 Å². The second-order valence-corrected chi connectivity index (χ2v) is 4.61. The summed E-state index contributed by atoms with van der Waals surface area (Å²) in [7, 11) is 0. The van der Waals surface area contributed by atoms with Gasteiger partial charge in [0.1, 0.15) is 5.82 Å². The van der Waals surface area contributed by atoms with Crippen LogP contribution < -0.4 is 5.32 Å². The molecule has 1 amide bonds. The number of carbonyl (C=O) groups is 1. The molecule has 0 bridgehead atoms. The van der Waals surface area contributed by atoms with E-state index in [-0.39, 0.29) is 31.4 Å². The Bertz CT molecular complexity index is 463. The highest BCUT2D eigenvalue weighted by Crippen LogP contribution is 2.08. The van der Waals surface area contributed by atoms with Crippen molar-refractivity contribution in [3.05, 3.63) is 47.8 Å². The molecule has 110 valence electrons. The molecule has 0 unspecified atom stereocenters. The average molecular weight is 280 g/mol. The smallest absolute Gasteiger partial charge is 0.234 e. The minimum Gasteiger partial charge on any atom is -0.395 e. The average Bonchev–Trinajstić information content (AvgIpc) is 2.41. The highest BCUT2D eigenvalue weighted by Gasteiger charge is 2.09. The second kappa shape index (κ2) is 8.45.